The molecule has 0 N–H and O–H groups in total. The number of methoxy groups -OCH3 is 1. The van der Waals surface area contributed by atoms with Crippen LogP contribution < -0.4 is 9.64 Å². The molecule has 0 spiro atoms. The van der Waals surface area contributed by atoms with Crippen LogP contribution in [0.5, 0.6) is 5.75 Å². The van der Waals surface area contributed by atoms with Crippen LogP contribution in [-0.2, 0) is 6.42 Å². The highest BCUT2D eigenvalue weighted by Crippen LogP contribution is 2.22. The fraction of sp³-hybridized carbons (Fsp3) is 0.348. The van der Waals surface area contributed by atoms with Crippen LogP contribution in [0, 0.1) is 6.92 Å². The van der Waals surface area contributed by atoms with E-state index in [1.165, 1.54) is 22.7 Å². The number of nitrogens with zero attached hydrogens (tertiary/aromatic N) is 4. The third-order valence-corrected chi connectivity index (χ3v) is 6.13. The first-order valence-electron chi connectivity index (χ1n) is 10.2. The predicted molar refractivity (Wildman–Crippen MR) is 120 cm³/mol. The molecule has 1 amide bonds. The summed E-state index contributed by atoms with van der Waals surface area (Å²) in [7, 11) is 1.61. The Morgan fingerprint density at radius 2 is 1.93 bits per heavy atom. The highest BCUT2D eigenvalue weighted by atomic mass is 32.1. The maximum Gasteiger partial charge on any atom is 0.254 e. The van der Waals surface area contributed by atoms with Crippen molar-refractivity contribution in [1.82, 2.24) is 14.3 Å². The van der Waals surface area contributed by atoms with Gasteiger partial charge in [-0.05, 0) is 37.1 Å². The van der Waals surface area contributed by atoms with Crippen molar-refractivity contribution >= 4 is 22.6 Å². The van der Waals surface area contributed by atoms with E-state index >= 15 is 0 Å². The van der Waals surface area contributed by atoms with Crippen molar-refractivity contribution in [3.05, 3.63) is 71.0 Å². The van der Waals surface area contributed by atoms with Crippen LogP contribution in [0.2, 0.25) is 0 Å². The maximum absolute atomic E-state index is 12.9. The second kappa shape index (κ2) is 9.26. The summed E-state index contributed by atoms with van der Waals surface area (Å²) in [6, 6.07) is 15.8. The summed E-state index contributed by atoms with van der Waals surface area (Å²) in [5.41, 5.74) is 3.14. The monoisotopic (exact) mass is 422 g/mol. The normalized spacial score (nSPS) is 14.5. The Bertz CT molecular complexity index is 1000. The molecule has 1 aromatic heterocycles. The Balaban J connectivity index is 1.39. The number of hydrogen-bond donors (Lipinski definition) is 0. The average molecular weight is 423 g/mol. The minimum atomic E-state index is 0.0491. The third kappa shape index (κ3) is 4.79. The van der Waals surface area contributed by atoms with E-state index in [4.69, 9.17) is 9.72 Å². The summed E-state index contributed by atoms with van der Waals surface area (Å²) in [6.45, 7) is 5.13. The molecule has 3 aromatic rings. The molecular formula is C23H26N4O2S. The summed E-state index contributed by atoms with van der Waals surface area (Å²) in [5, 5.41) is 0.938. The van der Waals surface area contributed by atoms with Crippen molar-refractivity contribution in [1.29, 1.82) is 0 Å². The number of ether oxygens (including phenoxy) is 1. The molecule has 0 atom stereocenters. The van der Waals surface area contributed by atoms with Gasteiger partial charge >= 0.3 is 0 Å². The van der Waals surface area contributed by atoms with E-state index in [2.05, 4.69) is 40.5 Å². The van der Waals surface area contributed by atoms with Crippen LogP contribution in [0.15, 0.2) is 48.5 Å². The van der Waals surface area contributed by atoms with Crippen LogP contribution in [0.25, 0.3) is 0 Å². The number of aromatic nitrogens is 2. The van der Waals surface area contributed by atoms with Crippen molar-refractivity contribution in [3.63, 3.8) is 0 Å². The first-order valence-corrected chi connectivity index (χ1v) is 11.0. The third-order valence-electron chi connectivity index (χ3n) is 5.31. The van der Waals surface area contributed by atoms with Crippen molar-refractivity contribution < 1.29 is 9.53 Å². The molecule has 2 heterocycles. The van der Waals surface area contributed by atoms with Gasteiger partial charge in [0.1, 0.15) is 11.6 Å². The summed E-state index contributed by atoms with van der Waals surface area (Å²) >= 11 is 1.44. The van der Waals surface area contributed by atoms with Crippen molar-refractivity contribution in [2.75, 3.05) is 38.2 Å². The minimum absolute atomic E-state index is 0.0491. The summed E-state index contributed by atoms with van der Waals surface area (Å²) in [6.07, 6.45) is 1.65. The number of carbonyl (C=O) groups is 1. The highest BCUT2D eigenvalue weighted by Gasteiger charge is 2.22. The lowest BCUT2D eigenvalue weighted by Crippen LogP contribution is -2.35. The minimum Gasteiger partial charge on any atom is -0.497 e. The molecule has 1 saturated heterocycles. The summed E-state index contributed by atoms with van der Waals surface area (Å²) < 4.78 is 9.80. The second-order valence-electron chi connectivity index (χ2n) is 7.52. The lowest BCUT2D eigenvalue weighted by molar-refractivity contribution is 0.0766. The fourth-order valence-corrected chi connectivity index (χ4v) is 4.32. The molecule has 1 aliphatic rings. The molecule has 1 fully saturated rings. The van der Waals surface area contributed by atoms with Gasteiger partial charge < -0.3 is 14.5 Å². The van der Waals surface area contributed by atoms with E-state index in [-0.39, 0.29) is 5.91 Å². The zero-order chi connectivity index (χ0) is 20.9. The van der Waals surface area contributed by atoms with Gasteiger partial charge in [0.25, 0.3) is 5.91 Å². The molecular weight excluding hydrogens is 396 g/mol. The fourth-order valence-electron chi connectivity index (χ4n) is 3.58. The standard InChI is InChI=1S/C23H26N4O2S/c1-17-7-9-18(10-8-17)15-21-24-23(30-25-21)27-12-4-11-26(13-14-27)22(28)19-5-3-6-20(16-19)29-2/h3,5-10,16H,4,11-15H2,1-2H3. The first-order chi connectivity index (χ1) is 14.6. The van der Waals surface area contributed by atoms with Crippen molar-refractivity contribution in [2.45, 2.75) is 19.8 Å². The van der Waals surface area contributed by atoms with Gasteiger partial charge in [0.2, 0.25) is 5.13 Å². The van der Waals surface area contributed by atoms with Gasteiger partial charge in [-0.25, -0.2) is 4.98 Å². The molecule has 6 nitrogen and oxygen atoms in total. The highest BCUT2D eigenvalue weighted by molar-refractivity contribution is 7.09. The quantitative estimate of drug-likeness (QED) is 0.626. The van der Waals surface area contributed by atoms with Gasteiger partial charge in [0, 0.05) is 49.7 Å². The molecule has 0 unspecified atom stereocenters. The molecule has 0 saturated carbocycles. The van der Waals surface area contributed by atoms with Crippen molar-refractivity contribution in [2.24, 2.45) is 0 Å². The Morgan fingerprint density at radius 3 is 2.73 bits per heavy atom. The van der Waals surface area contributed by atoms with E-state index in [1.807, 2.05) is 23.1 Å². The van der Waals surface area contributed by atoms with Crippen LogP contribution >= 0.6 is 11.5 Å². The zero-order valence-electron chi connectivity index (χ0n) is 17.4. The van der Waals surface area contributed by atoms with E-state index in [0.29, 0.717) is 17.9 Å². The van der Waals surface area contributed by atoms with E-state index in [0.717, 1.165) is 43.4 Å². The molecule has 2 aromatic carbocycles. The van der Waals surface area contributed by atoms with E-state index < -0.39 is 0 Å². The maximum atomic E-state index is 12.9. The molecule has 156 valence electrons. The molecule has 0 aliphatic carbocycles. The summed E-state index contributed by atoms with van der Waals surface area (Å²) in [4.78, 5) is 21.8. The lowest BCUT2D eigenvalue weighted by atomic mass is 10.1. The number of amides is 1. The van der Waals surface area contributed by atoms with Gasteiger partial charge in [0.05, 0.1) is 7.11 Å². The Hall–Kier alpha value is -2.93. The Labute approximate surface area is 181 Å². The Kier molecular flexibility index (Phi) is 6.28. The smallest absolute Gasteiger partial charge is 0.254 e. The SMILES string of the molecule is COc1cccc(C(=O)N2CCCN(c3nc(Cc4ccc(C)cc4)ns3)CC2)c1. The molecule has 7 heteroatoms. The number of carbonyl (C=O) groups excluding carboxylic acids is 1. The topological polar surface area (TPSA) is 58.6 Å². The van der Waals surface area contributed by atoms with Gasteiger partial charge in [-0.1, -0.05) is 35.9 Å². The number of hydrogen-bond acceptors (Lipinski definition) is 6. The second-order valence-corrected chi connectivity index (χ2v) is 8.25. The van der Waals surface area contributed by atoms with Gasteiger partial charge in [0.15, 0.2) is 0 Å². The number of aryl methyl sites for hydroxylation is 1. The molecule has 0 radical (unpaired) electrons. The van der Waals surface area contributed by atoms with Crippen LogP contribution in [0.4, 0.5) is 5.13 Å². The van der Waals surface area contributed by atoms with E-state index in [9.17, 15) is 4.79 Å². The molecule has 4 rings (SSSR count). The van der Waals surface area contributed by atoms with E-state index in [1.54, 1.807) is 13.2 Å². The Morgan fingerprint density at radius 1 is 1.10 bits per heavy atom. The predicted octanol–water partition coefficient (Wildman–Crippen LogP) is 3.80. The number of rotatable bonds is 5. The average Bonchev–Trinajstić information content (AvgIpc) is 3.09. The van der Waals surface area contributed by atoms with Gasteiger partial charge in [-0.15, -0.1) is 0 Å². The first kappa shape index (κ1) is 20.3. The molecule has 30 heavy (non-hydrogen) atoms. The molecule has 0 bridgehead atoms. The van der Waals surface area contributed by atoms with Crippen LogP contribution in [-0.4, -0.2) is 53.5 Å². The molecule has 1 aliphatic heterocycles. The van der Waals surface area contributed by atoms with Crippen molar-refractivity contribution in [3.8, 4) is 5.75 Å². The summed E-state index contributed by atoms with van der Waals surface area (Å²) in [5.74, 6) is 1.60. The van der Waals surface area contributed by atoms with Crippen LogP contribution in [0.3, 0.4) is 0 Å². The number of anilines is 1. The largest absolute Gasteiger partial charge is 0.497 e. The zero-order valence-corrected chi connectivity index (χ0v) is 18.2. The number of benzene rings is 2. The van der Waals surface area contributed by atoms with Gasteiger partial charge in [-0.2, -0.15) is 4.37 Å². The lowest BCUT2D eigenvalue weighted by Gasteiger charge is -2.21. The van der Waals surface area contributed by atoms with Crippen LogP contribution in [0.1, 0.15) is 33.7 Å². The van der Waals surface area contributed by atoms with Gasteiger partial charge in [-0.3, -0.25) is 4.79 Å².